The van der Waals surface area contributed by atoms with E-state index in [0.29, 0.717) is 28.6 Å². The highest BCUT2D eigenvalue weighted by molar-refractivity contribution is 6.06. The third-order valence-corrected chi connectivity index (χ3v) is 4.81. The minimum absolute atomic E-state index is 0.00420. The van der Waals surface area contributed by atoms with Crippen molar-refractivity contribution in [3.8, 4) is 5.75 Å². The predicted octanol–water partition coefficient (Wildman–Crippen LogP) is 3.99. The molecule has 0 spiro atoms. The van der Waals surface area contributed by atoms with Gasteiger partial charge in [0, 0.05) is 24.8 Å². The monoisotopic (exact) mass is 381 g/mol. The molecule has 0 radical (unpaired) electrons. The first-order valence-electron chi connectivity index (χ1n) is 9.76. The molecule has 1 aromatic carbocycles. The van der Waals surface area contributed by atoms with E-state index in [1.165, 1.54) is 6.20 Å². The highest BCUT2D eigenvalue weighted by Crippen LogP contribution is 2.25. The third-order valence-electron chi connectivity index (χ3n) is 4.81. The molecule has 1 aliphatic heterocycles. The second-order valence-corrected chi connectivity index (χ2v) is 7.52. The zero-order chi connectivity index (χ0) is 20.1. The fourth-order valence-corrected chi connectivity index (χ4v) is 3.18. The van der Waals surface area contributed by atoms with E-state index in [1.807, 2.05) is 36.9 Å². The van der Waals surface area contributed by atoms with Gasteiger partial charge in [-0.15, -0.1) is 0 Å². The Kier molecular flexibility index (Phi) is 6.29. The number of nitrogens with zero attached hydrogens (tertiary/aromatic N) is 2. The maximum absolute atomic E-state index is 12.7. The molecule has 2 amide bonds. The van der Waals surface area contributed by atoms with Gasteiger partial charge >= 0.3 is 0 Å². The number of piperidine rings is 1. The summed E-state index contributed by atoms with van der Waals surface area (Å²) in [6.45, 7) is 7.53. The van der Waals surface area contributed by atoms with E-state index in [2.05, 4.69) is 17.2 Å². The van der Waals surface area contributed by atoms with Gasteiger partial charge in [-0.3, -0.25) is 14.6 Å². The van der Waals surface area contributed by atoms with Crippen LogP contribution in [0.5, 0.6) is 5.75 Å². The normalized spacial score (nSPS) is 14.8. The number of para-hydroxylation sites is 2. The maximum atomic E-state index is 12.7. The molecule has 1 saturated heterocycles. The number of ether oxygens (including phenoxy) is 1. The van der Waals surface area contributed by atoms with Crippen molar-refractivity contribution in [1.82, 2.24) is 9.88 Å². The van der Waals surface area contributed by atoms with Crippen LogP contribution in [0.15, 0.2) is 42.6 Å². The van der Waals surface area contributed by atoms with Gasteiger partial charge in [-0.2, -0.15) is 0 Å². The summed E-state index contributed by atoms with van der Waals surface area (Å²) >= 11 is 0. The Morgan fingerprint density at radius 3 is 2.61 bits per heavy atom. The molecule has 1 N–H and O–H groups in total. The van der Waals surface area contributed by atoms with E-state index in [-0.39, 0.29) is 17.9 Å². The van der Waals surface area contributed by atoms with E-state index in [0.717, 1.165) is 25.9 Å². The smallest absolute Gasteiger partial charge is 0.272 e. The summed E-state index contributed by atoms with van der Waals surface area (Å²) in [5, 5.41) is 2.87. The number of hydrogen-bond acceptors (Lipinski definition) is 4. The lowest BCUT2D eigenvalue weighted by Crippen LogP contribution is -2.38. The molecule has 0 atom stereocenters. The Bertz CT molecular complexity index is 842. The molecule has 28 heavy (non-hydrogen) atoms. The van der Waals surface area contributed by atoms with Crippen molar-refractivity contribution in [2.75, 3.05) is 18.4 Å². The van der Waals surface area contributed by atoms with Crippen LogP contribution in [0.4, 0.5) is 5.69 Å². The molecule has 1 aliphatic rings. The summed E-state index contributed by atoms with van der Waals surface area (Å²) < 4.78 is 5.74. The Morgan fingerprint density at radius 1 is 1.18 bits per heavy atom. The number of amides is 2. The van der Waals surface area contributed by atoms with Crippen molar-refractivity contribution in [3.05, 3.63) is 53.9 Å². The van der Waals surface area contributed by atoms with Gasteiger partial charge in [-0.25, -0.2) is 0 Å². The van der Waals surface area contributed by atoms with Gasteiger partial charge in [-0.1, -0.05) is 19.1 Å². The number of anilines is 1. The first-order valence-corrected chi connectivity index (χ1v) is 9.76. The number of rotatable bonds is 5. The number of benzene rings is 1. The molecular weight excluding hydrogens is 354 g/mol. The molecule has 2 aromatic rings. The standard InChI is InChI=1S/C22H27N3O3/c1-15(2)28-20-7-5-4-6-18(20)24-21(26)17-8-11-23-19(14-17)22(27)25-12-9-16(3)10-13-25/h4-8,11,14-16H,9-10,12-13H2,1-3H3,(H,24,26). The van der Waals surface area contributed by atoms with Crippen molar-refractivity contribution in [3.63, 3.8) is 0 Å². The third kappa shape index (κ3) is 4.88. The lowest BCUT2D eigenvalue weighted by atomic mass is 9.99. The average Bonchev–Trinajstić information content (AvgIpc) is 2.69. The van der Waals surface area contributed by atoms with E-state index < -0.39 is 0 Å². The van der Waals surface area contributed by atoms with Crippen molar-refractivity contribution in [2.24, 2.45) is 5.92 Å². The molecule has 0 unspecified atom stereocenters. The lowest BCUT2D eigenvalue weighted by Gasteiger charge is -2.30. The minimum Gasteiger partial charge on any atom is -0.489 e. The lowest BCUT2D eigenvalue weighted by molar-refractivity contribution is 0.0691. The van der Waals surface area contributed by atoms with Crippen LogP contribution >= 0.6 is 0 Å². The van der Waals surface area contributed by atoms with Crippen LogP contribution in [-0.4, -0.2) is 40.9 Å². The molecule has 1 fully saturated rings. The van der Waals surface area contributed by atoms with Crippen LogP contribution in [0.3, 0.4) is 0 Å². The van der Waals surface area contributed by atoms with Gasteiger partial charge in [0.15, 0.2) is 0 Å². The fraction of sp³-hybridized carbons (Fsp3) is 0.409. The Labute approximate surface area is 165 Å². The van der Waals surface area contributed by atoms with Crippen molar-refractivity contribution in [2.45, 2.75) is 39.7 Å². The van der Waals surface area contributed by atoms with Gasteiger partial charge < -0.3 is 15.0 Å². The molecule has 2 heterocycles. The highest BCUT2D eigenvalue weighted by atomic mass is 16.5. The Morgan fingerprint density at radius 2 is 1.89 bits per heavy atom. The number of aromatic nitrogens is 1. The number of likely N-dealkylation sites (tertiary alicyclic amines) is 1. The van der Waals surface area contributed by atoms with Crippen molar-refractivity contribution in [1.29, 1.82) is 0 Å². The first-order chi connectivity index (χ1) is 13.4. The molecule has 6 nitrogen and oxygen atoms in total. The molecule has 0 saturated carbocycles. The predicted molar refractivity (Wildman–Crippen MR) is 109 cm³/mol. The van der Waals surface area contributed by atoms with E-state index in [1.54, 1.807) is 18.2 Å². The van der Waals surface area contributed by atoms with Gasteiger partial charge in [0.05, 0.1) is 11.8 Å². The molecular formula is C22H27N3O3. The zero-order valence-corrected chi connectivity index (χ0v) is 16.6. The number of hydrogen-bond donors (Lipinski definition) is 1. The summed E-state index contributed by atoms with van der Waals surface area (Å²) in [7, 11) is 0. The molecule has 148 valence electrons. The molecule has 6 heteroatoms. The van der Waals surface area contributed by atoms with Gasteiger partial charge in [0.25, 0.3) is 11.8 Å². The van der Waals surface area contributed by atoms with Gasteiger partial charge in [-0.05, 0) is 56.9 Å². The Balaban J connectivity index is 1.73. The van der Waals surface area contributed by atoms with Crippen molar-refractivity contribution >= 4 is 17.5 Å². The van der Waals surface area contributed by atoms with Crippen LogP contribution in [0, 0.1) is 5.92 Å². The van der Waals surface area contributed by atoms with E-state index >= 15 is 0 Å². The van der Waals surface area contributed by atoms with Crippen molar-refractivity contribution < 1.29 is 14.3 Å². The largest absolute Gasteiger partial charge is 0.489 e. The number of nitrogens with one attached hydrogen (secondary N) is 1. The summed E-state index contributed by atoms with van der Waals surface area (Å²) in [6.07, 6.45) is 3.50. The number of pyridine rings is 1. The first kappa shape index (κ1) is 19.9. The second-order valence-electron chi connectivity index (χ2n) is 7.52. The quantitative estimate of drug-likeness (QED) is 0.850. The van der Waals surface area contributed by atoms with Crippen LogP contribution < -0.4 is 10.1 Å². The van der Waals surface area contributed by atoms with Crippen LogP contribution in [0.1, 0.15) is 54.5 Å². The molecule has 0 aliphatic carbocycles. The highest BCUT2D eigenvalue weighted by Gasteiger charge is 2.23. The van der Waals surface area contributed by atoms with Crippen LogP contribution in [-0.2, 0) is 0 Å². The number of carbonyl (C=O) groups is 2. The topological polar surface area (TPSA) is 71.5 Å². The van der Waals surface area contributed by atoms with Crippen LogP contribution in [0.25, 0.3) is 0 Å². The van der Waals surface area contributed by atoms with Crippen LogP contribution in [0.2, 0.25) is 0 Å². The minimum atomic E-state index is -0.302. The Hall–Kier alpha value is -2.89. The van der Waals surface area contributed by atoms with Gasteiger partial charge in [0.1, 0.15) is 11.4 Å². The zero-order valence-electron chi connectivity index (χ0n) is 16.6. The SMILES string of the molecule is CC1CCN(C(=O)c2cc(C(=O)Nc3ccccc3OC(C)C)ccn2)CC1. The van der Waals surface area contributed by atoms with E-state index in [9.17, 15) is 9.59 Å². The van der Waals surface area contributed by atoms with Gasteiger partial charge in [0.2, 0.25) is 0 Å². The number of carbonyl (C=O) groups excluding carboxylic acids is 2. The maximum Gasteiger partial charge on any atom is 0.272 e. The summed E-state index contributed by atoms with van der Waals surface area (Å²) in [5.74, 6) is 0.828. The fourth-order valence-electron chi connectivity index (χ4n) is 3.18. The summed E-state index contributed by atoms with van der Waals surface area (Å²) in [5.41, 5.74) is 1.29. The average molecular weight is 381 g/mol. The van der Waals surface area contributed by atoms with E-state index in [4.69, 9.17) is 4.74 Å². The molecule has 1 aromatic heterocycles. The summed E-state index contributed by atoms with van der Waals surface area (Å²) in [6, 6.07) is 10.5. The molecule has 0 bridgehead atoms. The molecule has 3 rings (SSSR count). The summed E-state index contributed by atoms with van der Waals surface area (Å²) in [4.78, 5) is 31.5. The second kappa shape index (κ2) is 8.87.